The average molecular weight is 345 g/mol. The fraction of sp³-hybridized carbons (Fsp3) is 0.833. The van der Waals surface area contributed by atoms with Crippen LogP contribution in [0.2, 0.25) is 12.1 Å². The molecular formula is C18H36O4Si. The summed E-state index contributed by atoms with van der Waals surface area (Å²) in [6.07, 6.45) is 6.86. The molecule has 0 aliphatic heterocycles. The molecule has 0 aromatic carbocycles. The summed E-state index contributed by atoms with van der Waals surface area (Å²) in [5.41, 5.74) is 0.470. The minimum Gasteiger partial charge on any atom is -0.462 e. The van der Waals surface area contributed by atoms with Gasteiger partial charge in [0.15, 0.2) is 0 Å². The lowest BCUT2D eigenvalue weighted by Gasteiger charge is -2.28. The molecule has 0 unspecified atom stereocenters. The van der Waals surface area contributed by atoms with Crippen molar-refractivity contribution in [1.29, 1.82) is 0 Å². The van der Waals surface area contributed by atoms with E-state index in [0.29, 0.717) is 12.2 Å². The SMILES string of the molecule is C=C(C)C(=O)OCCCCCCCC[Si](CC)(OCC)OCC. The van der Waals surface area contributed by atoms with Crippen molar-refractivity contribution in [2.45, 2.75) is 78.3 Å². The van der Waals surface area contributed by atoms with E-state index in [1.165, 1.54) is 25.7 Å². The predicted octanol–water partition coefficient (Wildman–Crippen LogP) is 4.98. The number of esters is 1. The lowest BCUT2D eigenvalue weighted by Crippen LogP contribution is -2.41. The number of carbonyl (C=O) groups excluding carboxylic acids is 1. The van der Waals surface area contributed by atoms with Gasteiger partial charge in [0.2, 0.25) is 0 Å². The quantitative estimate of drug-likeness (QED) is 0.182. The molecule has 136 valence electrons. The van der Waals surface area contributed by atoms with Crippen molar-refractivity contribution in [3.8, 4) is 0 Å². The molecular weight excluding hydrogens is 308 g/mol. The molecule has 4 nitrogen and oxygen atoms in total. The molecule has 0 aromatic rings. The van der Waals surface area contributed by atoms with Crippen LogP contribution in [0, 0.1) is 0 Å². The van der Waals surface area contributed by atoms with E-state index >= 15 is 0 Å². The first-order valence-corrected chi connectivity index (χ1v) is 11.3. The van der Waals surface area contributed by atoms with Gasteiger partial charge in [0.25, 0.3) is 0 Å². The summed E-state index contributed by atoms with van der Waals surface area (Å²) in [4.78, 5) is 11.2. The van der Waals surface area contributed by atoms with Crippen molar-refractivity contribution in [2.75, 3.05) is 19.8 Å². The summed E-state index contributed by atoms with van der Waals surface area (Å²) >= 11 is 0. The van der Waals surface area contributed by atoms with E-state index in [4.69, 9.17) is 13.6 Å². The minimum atomic E-state index is -1.94. The average Bonchev–Trinajstić information content (AvgIpc) is 2.53. The predicted molar refractivity (Wildman–Crippen MR) is 97.8 cm³/mol. The molecule has 0 rings (SSSR count). The maximum Gasteiger partial charge on any atom is 0.337 e. The molecule has 0 saturated carbocycles. The Bertz CT molecular complexity index is 325. The van der Waals surface area contributed by atoms with Crippen molar-refractivity contribution >= 4 is 14.5 Å². The van der Waals surface area contributed by atoms with Crippen molar-refractivity contribution < 1.29 is 18.4 Å². The highest BCUT2D eigenvalue weighted by atomic mass is 28.4. The Morgan fingerprint density at radius 2 is 1.43 bits per heavy atom. The van der Waals surface area contributed by atoms with Crippen molar-refractivity contribution in [2.24, 2.45) is 0 Å². The topological polar surface area (TPSA) is 44.8 Å². The highest BCUT2D eigenvalue weighted by Crippen LogP contribution is 2.23. The minimum absolute atomic E-state index is 0.280. The molecule has 0 bridgehead atoms. The molecule has 23 heavy (non-hydrogen) atoms. The van der Waals surface area contributed by atoms with Gasteiger partial charge < -0.3 is 13.6 Å². The number of rotatable bonds is 15. The summed E-state index contributed by atoms with van der Waals surface area (Å²) in [7, 11) is -1.94. The second kappa shape index (κ2) is 13.8. The van der Waals surface area contributed by atoms with Gasteiger partial charge in [0.05, 0.1) is 6.61 Å². The van der Waals surface area contributed by atoms with Gasteiger partial charge in [-0.3, -0.25) is 0 Å². The van der Waals surface area contributed by atoms with Crippen LogP contribution in [0.5, 0.6) is 0 Å². The Hall–Kier alpha value is -0.653. The molecule has 0 radical (unpaired) electrons. The molecule has 0 atom stereocenters. The van der Waals surface area contributed by atoms with E-state index in [2.05, 4.69) is 27.4 Å². The molecule has 0 aromatic heterocycles. The van der Waals surface area contributed by atoms with Gasteiger partial charge in [-0.25, -0.2) is 4.79 Å². The standard InChI is InChI=1S/C18H36O4Si/c1-6-21-23(8-3,22-7-2)16-14-12-10-9-11-13-15-20-18(19)17(4)5/h4,6-16H2,1-3,5H3. The smallest absolute Gasteiger partial charge is 0.337 e. The van der Waals surface area contributed by atoms with Crippen molar-refractivity contribution in [3.05, 3.63) is 12.2 Å². The summed E-state index contributed by atoms with van der Waals surface area (Å²) < 4.78 is 17.0. The largest absolute Gasteiger partial charge is 0.462 e. The van der Waals surface area contributed by atoms with Crippen LogP contribution in [-0.2, 0) is 18.4 Å². The number of hydrogen-bond acceptors (Lipinski definition) is 4. The van der Waals surface area contributed by atoms with Crippen LogP contribution in [0.1, 0.15) is 66.2 Å². The zero-order valence-corrected chi connectivity index (χ0v) is 16.6. The second-order valence-corrected chi connectivity index (χ2v) is 9.52. The highest BCUT2D eigenvalue weighted by Gasteiger charge is 2.33. The fourth-order valence-corrected chi connectivity index (χ4v) is 5.56. The molecule has 0 N–H and O–H groups in total. The summed E-state index contributed by atoms with van der Waals surface area (Å²) in [5, 5.41) is 0. The molecule has 0 aliphatic rings. The van der Waals surface area contributed by atoms with Gasteiger partial charge in [-0.15, -0.1) is 0 Å². The Morgan fingerprint density at radius 3 is 1.91 bits per heavy atom. The third-order valence-corrected chi connectivity index (χ3v) is 7.71. The molecule has 0 amide bonds. The highest BCUT2D eigenvalue weighted by molar-refractivity contribution is 6.67. The van der Waals surface area contributed by atoms with Gasteiger partial charge in [0.1, 0.15) is 0 Å². The molecule has 0 heterocycles. The van der Waals surface area contributed by atoms with Gasteiger partial charge in [-0.05, 0) is 39.3 Å². The van der Waals surface area contributed by atoms with Gasteiger partial charge in [0, 0.05) is 18.8 Å². The van der Waals surface area contributed by atoms with E-state index in [-0.39, 0.29) is 5.97 Å². The summed E-state index contributed by atoms with van der Waals surface area (Å²) in [5.74, 6) is -0.280. The second-order valence-electron chi connectivity index (χ2n) is 5.92. The van der Waals surface area contributed by atoms with Gasteiger partial charge in [-0.1, -0.05) is 45.6 Å². The monoisotopic (exact) mass is 344 g/mol. The first-order valence-electron chi connectivity index (χ1n) is 9.11. The maximum atomic E-state index is 11.2. The van der Waals surface area contributed by atoms with E-state index < -0.39 is 8.56 Å². The number of hydrogen-bond donors (Lipinski definition) is 0. The van der Waals surface area contributed by atoms with Crippen LogP contribution in [0.25, 0.3) is 0 Å². The van der Waals surface area contributed by atoms with Crippen molar-refractivity contribution in [1.82, 2.24) is 0 Å². The van der Waals surface area contributed by atoms with E-state index in [9.17, 15) is 4.79 Å². The molecule has 5 heteroatoms. The van der Waals surface area contributed by atoms with Crippen LogP contribution in [0.4, 0.5) is 0 Å². The lowest BCUT2D eigenvalue weighted by atomic mass is 10.1. The van der Waals surface area contributed by atoms with Crippen LogP contribution < -0.4 is 0 Å². The van der Waals surface area contributed by atoms with Gasteiger partial charge in [-0.2, -0.15) is 0 Å². The lowest BCUT2D eigenvalue weighted by molar-refractivity contribution is -0.139. The number of ether oxygens (including phenoxy) is 1. The first-order chi connectivity index (χ1) is 11.0. The summed E-state index contributed by atoms with van der Waals surface area (Å²) in [6, 6.07) is 2.13. The molecule has 0 spiro atoms. The summed E-state index contributed by atoms with van der Waals surface area (Å²) in [6.45, 7) is 13.5. The van der Waals surface area contributed by atoms with Crippen LogP contribution >= 0.6 is 0 Å². The Morgan fingerprint density at radius 1 is 0.913 bits per heavy atom. The Balaban J connectivity index is 3.67. The number of unbranched alkanes of at least 4 members (excludes halogenated alkanes) is 5. The van der Waals surface area contributed by atoms with Gasteiger partial charge >= 0.3 is 14.5 Å². The van der Waals surface area contributed by atoms with E-state index in [0.717, 1.165) is 38.1 Å². The van der Waals surface area contributed by atoms with Crippen molar-refractivity contribution in [3.63, 3.8) is 0 Å². The Kier molecular flexibility index (Phi) is 13.4. The zero-order valence-electron chi connectivity index (χ0n) is 15.6. The molecule has 0 aliphatic carbocycles. The zero-order chi connectivity index (χ0) is 17.6. The fourth-order valence-electron chi connectivity index (χ4n) is 2.58. The third-order valence-electron chi connectivity index (χ3n) is 3.89. The van der Waals surface area contributed by atoms with Crippen LogP contribution in [0.15, 0.2) is 12.2 Å². The maximum absolute atomic E-state index is 11.2. The molecule has 0 saturated heterocycles. The molecule has 0 fully saturated rings. The normalized spacial score (nSPS) is 11.5. The Labute approximate surface area is 143 Å². The van der Waals surface area contributed by atoms with Crippen LogP contribution in [-0.4, -0.2) is 34.4 Å². The van der Waals surface area contributed by atoms with E-state index in [1.807, 2.05) is 0 Å². The third kappa shape index (κ3) is 10.7. The first kappa shape index (κ1) is 22.3. The number of carbonyl (C=O) groups is 1. The van der Waals surface area contributed by atoms with E-state index in [1.54, 1.807) is 6.92 Å². The van der Waals surface area contributed by atoms with Crippen LogP contribution in [0.3, 0.4) is 0 Å².